The van der Waals surface area contributed by atoms with Crippen molar-refractivity contribution in [1.82, 2.24) is 4.90 Å². The van der Waals surface area contributed by atoms with Crippen molar-refractivity contribution in [2.75, 3.05) is 50.6 Å². The van der Waals surface area contributed by atoms with Gasteiger partial charge in [0.1, 0.15) is 6.61 Å². The summed E-state index contributed by atoms with van der Waals surface area (Å²) >= 11 is 0. The van der Waals surface area contributed by atoms with Crippen LogP contribution in [-0.4, -0.2) is 56.9 Å². The minimum Gasteiger partial charge on any atom is -0.447 e. The van der Waals surface area contributed by atoms with Gasteiger partial charge in [0.15, 0.2) is 0 Å². The molecule has 0 saturated carbocycles. The Labute approximate surface area is 155 Å². The van der Waals surface area contributed by atoms with E-state index >= 15 is 0 Å². The van der Waals surface area contributed by atoms with Gasteiger partial charge in [0.2, 0.25) is 5.91 Å². The smallest absolute Gasteiger partial charge is 0.411 e. The van der Waals surface area contributed by atoms with E-state index in [2.05, 4.69) is 10.6 Å². The van der Waals surface area contributed by atoms with Crippen LogP contribution in [0.1, 0.15) is 32.1 Å². The molecule has 1 aliphatic heterocycles. The van der Waals surface area contributed by atoms with Gasteiger partial charge < -0.3 is 19.7 Å². The van der Waals surface area contributed by atoms with Crippen molar-refractivity contribution in [3.05, 3.63) is 24.3 Å². The molecule has 1 aliphatic rings. The Hall–Kier alpha value is -2.28. The van der Waals surface area contributed by atoms with Crippen LogP contribution in [0.4, 0.5) is 16.2 Å². The first kappa shape index (κ1) is 20.0. The molecule has 0 aromatic heterocycles. The zero-order valence-electron chi connectivity index (χ0n) is 15.5. The van der Waals surface area contributed by atoms with Gasteiger partial charge in [0.25, 0.3) is 0 Å². The summed E-state index contributed by atoms with van der Waals surface area (Å²) in [5.41, 5.74) is 1.39. The van der Waals surface area contributed by atoms with E-state index in [0.29, 0.717) is 12.3 Å². The van der Waals surface area contributed by atoms with Gasteiger partial charge in [0.05, 0.1) is 13.2 Å². The molecule has 1 fully saturated rings. The summed E-state index contributed by atoms with van der Waals surface area (Å²) in [5, 5.41) is 5.80. The lowest BCUT2D eigenvalue weighted by atomic mass is 10.1. The van der Waals surface area contributed by atoms with Crippen LogP contribution in [0.2, 0.25) is 0 Å². The van der Waals surface area contributed by atoms with E-state index < -0.39 is 6.09 Å². The maximum absolute atomic E-state index is 12.4. The molecule has 0 bridgehead atoms. The van der Waals surface area contributed by atoms with E-state index in [4.69, 9.17) is 9.47 Å². The van der Waals surface area contributed by atoms with Crippen molar-refractivity contribution in [2.45, 2.75) is 32.1 Å². The summed E-state index contributed by atoms with van der Waals surface area (Å²) < 4.78 is 9.80. The van der Waals surface area contributed by atoms with Crippen LogP contribution in [0.15, 0.2) is 24.3 Å². The second-order valence-corrected chi connectivity index (χ2v) is 6.34. The number of ether oxygens (including phenoxy) is 2. The second-order valence-electron chi connectivity index (χ2n) is 6.34. The fraction of sp³-hybridized carbons (Fsp3) is 0.579. The number of carbonyl (C=O) groups excluding carboxylic acids is 2. The summed E-state index contributed by atoms with van der Waals surface area (Å²) in [6, 6.07) is 7.22. The summed E-state index contributed by atoms with van der Waals surface area (Å²) in [7, 11) is 1.55. The Morgan fingerprint density at radius 3 is 2.46 bits per heavy atom. The van der Waals surface area contributed by atoms with Gasteiger partial charge in [-0.2, -0.15) is 0 Å². The first-order valence-electron chi connectivity index (χ1n) is 9.23. The number of methoxy groups -OCH3 is 1. The highest BCUT2D eigenvalue weighted by Crippen LogP contribution is 2.16. The molecule has 1 aromatic rings. The van der Waals surface area contributed by atoms with Gasteiger partial charge in [-0.15, -0.1) is 0 Å². The largest absolute Gasteiger partial charge is 0.447 e. The van der Waals surface area contributed by atoms with E-state index in [1.165, 1.54) is 19.3 Å². The first-order valence-corrected chi connectivity index (χ1v) is 9.23. The fourth-order valence-electron chi connectivity index (χ4n) is 2.86. The fourth-order valence-corrected chi connectivity index (χ4v) is 2.86. The molecular formula is C19H29N3O4. The highest BCUT2D eigenvalue weighted by molar-refractivity contribution is 5.86. The monoisotopic (exact) mass is 363 g/mol. The zero-order valence-corrected chi connectivity index (χ0v) is 15.5. The van der Waals surface area contributed by atoms with E-state index in [9.17, 15) is 9.59 Å². The molecule has 0 aliphatic carbocycles. The number of hydrogen-bond acceptors (Lipinski definition) is 5. The van der Waals surface area contributed by atoms with E-state index in [-0.39, 0.29) is 19.1 Å². The quantitative estimate of drug-likeness (QED) is 0.728. The van der Waals surface area contributed by atoms with E-state index in [1.807, 2.05) is 17.0 Å². The second kappa shape index (κ2) is 11.4. The minimum atomic E-state index is -0.532. The number of nitrogens with zero attached hydrogens (tertiary/aromatic N) is 1. The lowest BCUT2D eigenvalue weighted by Crippen LogP contribution is -2.37. The standard InChI is InChI=1S/C19H29N3O4/c1-25-12-13-26-19(24)21-17-9-7-8-16(14-17)20-15-18(23)22-10-5-3-2-4-6-11-22/h7-9,14,20H,2-6,10-13,15H2,1H3,(H,21,24). The molecule has 2 N–H and O–H groups in total. The molecule has 2 rings (SSSR count). The molecule has 1 aromatic carbocycles. The molecule has 7 nitrogen and oxygen atoms in total. The van der Waals surface area contributed by atoms with Crippen molar-refractivity contribution in [3.8, 4) is 0 Å². The SMILES string of the molecule is COCCOC(=O)Nc1cccc(NCC(=O)N2CCCCCCC2)c1. The number of hydrogen-bond donors (Lipinski definition) is 2. The number of nitrogens with one attached hydrogen (secondary N) is 2. The third-order valence-electron chi connectivity index (χ3n) is 4.28. The topological polar surface area (TPSA) is 79.9 Å². The van der Waals surface area contributed by atoms with Gasteiger partial charge in [-0.3, -0.25) is 10.1 Å². The van der Waals surface area contributed by atoms with Gasteiger partial charge in [0, 0.05) is 31.6 Å². The van der Waals surface area contributed by atoms with Crippen LogP contribution in [0.5, 0.6) is 0 Å². The molecule has 7 heteroatoms. The molecule has 0 unspecified atom stereocenters. The highest BCUT2D eigenvalue weighted by atomic mass is 16.6. The predicted molar refractivity (Wildman–Crippen MR) is 101 cm³/mol. The van der Waals surface area contributed by atoms with E-state index in [1.54, 1.807) is 19.2 Å². The number of benzene rings is 1. The van der Waals surface area contributed by atoms with Crippen molar-refractivity contribution < 1.29 is 19.1 Å². The van der Waals surface area contributed by atoms with Crippen LogP contribution in [-0.2, 0) is 14.3 Å². The summed E-state index contributed by atoms with van der Waals surface area (Å²) in [5.74, 6) is 0.115. The first-order chi connectivity index (χ1) is 12.7. The molecule has 0 spiro atoms. The Morgan fingerprint density at radius 1 is 1.04 bits per heavy atom. The number of amides is 2. The van der Waals surface area contributed by atoms with Gasteiger partial charge in [-0.05, 0) is 31.0 Å². The van der Waals surface area contributed by atoms with Gasteiger partial charge in [-0.25, -0.2) is 4.79 Å². The Morgan fingerprint density at radius 2 is 1.73 bits per heavy atom. The lowest BCUT2D eigenvalue weighted by Gasteiger charge is -2.25. The van der Waals surface area contributed by atoms with Crippen molar-refractivity contribution >= 4 is 23.4 Å². The average Bonchev–Trinajstić information content (AvgIpc) is 2.60. The zero-order chi connectivity index (χ0) is 18.6. The van der Waals surface area contributed by atoms with E-state index in [0.717, 1.165) is 31.6 Å². The van der Waals surface area contributed by atoms with Crippen LogP contribution < -0.4 is 10.6 Å². The maximum atomic E-state index is 12.4. The maximum Gasteiger partial charge on any atom is 0.411 e. The minimum absolute atomic E-state index is 0.115. The Balaban J connectivity index is 1.80. The normalized spacial score (nSPS) is 14.9. The van der Waals surface area contributed by atoms with Crippen molar-refractivity contribution in [2.24, 2.45) is 0 Å². The molecule has 0 radical (unpaired) electrons. The third-order valence-corrected chi connectivity index (χ3v) is 4.28. The molecule has 1 heterocycles. The Kier molecular flexibility index (Phi) is 8.75. The number of anilines is 2. The van der Waals surface area contributed by atoms with Crippen LogP contribution in [0, 0.1) is 0 Å². The number of rotatable bonds is 7. The van der Waals surface area contributed by atoms with Crippen molar-refractivity contribution in [1.29, 1.82) is 0 Å². The van der Waals surface area contributed by atoms with Gasteiger partial charge in [-0.1, -0.05) is 25.3 Å². The molecule has 144 valence electrons. The van der Waals surface area contributed by atoms with Crippen LogP contribution in [0.3, 0.4) is 0 Å². The number of carbonyl (C=O) groups is 2. The predicted octanol–water partition coefficient (Wildman–Crippen LogP) is 3.09. The summed E-state index contributed by atoms with van der Waals surface area (Å²) in [6.07, 6.45) is 5.30. The summed E-state index contributed by atoms with van der Waals surface area (Å²) in [4.78, 5) is 26.0. The Bertz CT molecular complexity index is 572. The molecule has 2 amide bonds. The van der Waals surface area contributed by atoms with Crippen molar-refractivity contribution in [3.63, 3.8) is 0 Å². The molecule has 1 saturated heterocycles. The highest BCUT2D eigenvalue weighted by Gasteiger charge is 2.14. The third kappa shape index (κ3) is 7.31. The molecular weight excluding hydrogens is 334 g/mol. The molecule has 26 heavy (non-hydrogen) atoms. The average molecular weight is 363 g/mol. The van der Waals surface area contributed by atoms with Gasteiger partial charge >= 0.3 is 6.09 Å². The van der Waals surface area contributed by atoms with Crippen LogP contribution >= 0.6 is 0 Å². The lowest BCUT2D eigenvalue weighted by molar-refractivity contribution is -0.129. The molecule has 0 atom stereocenters. The van der Waals surface area contributed by atoms with Crippen LogP contribution in [0.25, 0.3) is 0 Å². The summed E-state index contributed by atoms with van der Waals surface area (Å²) in [6.45, 7) is 2.49. The number of likely N-dealkylation sites (tertiary alicyclic amines) is 1.